The number of hydrogen-bond acceptors (Lipinski definition) is 6. The summed E-state index contributed by atoms with van der Waals surface area (Å²) in [6.45, 7) is 7.13. The monoisotopic (exact) mass is 267 g/mol. The first-order valence-electron chi connectivity index (χ1n) is 6.28. The normalized spacial score (nSPS) is 10.3. The molecule has 0 atom stereocenters. The highest BCUT2D eigenvalue weighted by atomic mass is 16.5. The van der Waals surface area contributed by atoms with Crippen LogP contribution in [0.15, 0.2) is 6.33 Å². The maximum atomic E-state index is 11.6. The molecule has 0 saturated heterocycles. The molecule has 0 saturated carbocycles. The van der Waals surface area contributed by atoms with Gasteiger partial charge in [0.2, 0.25) is 11.8 Å². The second kappa shape index (κ2) is 7.40. The zero-order valence-electron chi connectivity index (χ0n) is 11.6. The Hall–Kier alpha value is -2.05. The first-order valence-corrected chi connectivity index (χ1v) is 6.28. The molecule has 0 radical (unpaired) electrons. The summed E-state index contributed by atoms with van der Waals surface area (Å²) < 4.78 is 5.25. The fraction of sp³-hybridized carbons (Fsp3) is 0.583. The van der Waals surface area contributed by atoms with Crippen LogP contribution in [0.2, 0.25) is 0 Å². The van der Waals surface area contributed by atoms with Gasteiger partial charge < -0.3 is 21.1 Å². The number of nitrogen functional groups attached to an aromatic ring is 1. The molecule has 0 aromatic carbocycles. The van der Waals surface area contributed by atoms with Crippen molar-refractivity contribution in [3.63, 3.8) is 0 Å². The third-order valence-electron chi connectivity index (χ3n) is 2.25. The third kappa shape index (κ3) is 4.99. The van der Waals surface area contributed by atoms with E-state index in [0.717, 1.165) is 0 Å². The molecule has 0 aliphatic heterocycles. The summed E-state index contributed by atoms with van der Waals surface area (Å²) in [5.74, 6) is 1.03. The smallest absolute Gasteiger partial charge is 0.242 e. The molecule has 0 aliphatic rings. The highest BCUT2D eigenvalue weighted by molar-refractivity contribution is 5.81. The Kier molecular flexibility index (Phi) is 5.84. The molecule has 0 spiro atoms. The highest BCUT2D eigenvalue weighted by Gasteiger charge is 2.10. The van der Waals surface area contributed by atoms with E-state index in [9.17, 15) is 4.79 Å². The predicted octanol–water partition coefficient (Wildman–Crippen LogP) is 0.642. The Morgan fingerprint density at radius 3 is 2.84 bits per heavy atom. The van der Waals surface area contributed by atoms with Crippen molar-refractivity contribution in [2.24, 2.45) is 5.92 Å². The lowest BCUT2D eigenvalue weighted by atomic mass is 10.2. The van der Waals surface area contributed by atoms with E-state index in [1.165, 1.54) is 6.33 Å². The van der Waals surface area contributed by atoms with E-state index < -0.39 is 0 Å². The number of rotatable bonds is 7. The Balaban J connectivity index is 2.53. The summed E-state index contributed by atoms with van der Waals surface area (Å²) in [5, 5.41) is 5.66. The molecule has 4 N–H and O–H groups in total. The van der Waals surface area contributed by atoms with Gasteiger partial charge in [0.15, 0.2) is 5.82 Å². The van der Waals surface area contributed by atoms with E-state index in [0.29, 0.717) is 36.5 Å². The Morgan fingerprint density at radius 2 is 2.21 bits per heavy atom. The van der Waals surface area contributed by atoms with Crippen molar-refractivity contribution in [3.8, 4) is 5.88 Å². The molecule has 1 heterocycles. The highest BCUT2D eigenvalue weighted by Crippen LogP contribution is 2.23. The van der Waals surface area contributed by atoms with Gasteiger partial charge in [0, 0.05) is 6.54 Å². The van der Waals surface area contributed by atoms with Gasteiger partial charge >= 0.3 is 0 Å². The van der Waals surface area contributed by atoms with Crippen LogP contribution >= 0.6 is 0 Å². The summed E-state index contributed by atoms with van der Waals surface area (Å²) >= 11 is 0. The summed E-state index contributed by atoms with van der Waals surface area (Å²) in [5.41, 5.74) is 6.14. The molecule has 0 unspecified atom stereocenters. The van der Waals surface area contributed by atoms with Gasteiger partial charge in [-0.05, 0) is 12.8 Å². The molecule has 1 aromatic rings. The maximum Gasteiger partial charge on any atom is 0.242 e. The molecule has 1 rings (SSSR count). The fourth-order valence-corrected chi connectivity index (χ4v) is 1.32. The van der Waals surface area contributed by atoms with Crippen molar-refractivity contribution in [2.45, 2.75) is 20.8 Å². The van der Waals surface area contributed by atoms with Crippen LogP contribution in [0, 0.1) is 5.92 Å². The number of ether oxygens (including phenoxy) is 1. The van der Waals surface area contributed by atoms with Gasteiger partial charge in [0.05, 0.1) is 13.2 Å². The predicted molar refractivity (Wildman–Crippen MR) is 74.0 cm³/mol. The molecule has 0 fully saturated rings. The minimum atomic E-state index is -0.107. The number of nitrogens with two attached hydrogens (primary N) is 1. The SMILES string of the molecule is CCOc1ncnc(NCC(=O)NCC(C)C)c1N. The fourth-order valence-electron chi connectivity index (χ4n) is 1.32. The summed E-state index contributed by atoms with van der Waals surface area (Å²) in [4.78, 5) is 19.5. The van der Waals surface area contributed by atoms with E-state index >= 15 is 0 Å². The molecule has 1 amide bonds. The van der Waals surface area contributed by atoms with Crippen molar-refractivity contribution in [2.75, 3.05) is 30.7 Å². The molecular formula is C12H21N5O2. The summed E-state index contributed by atoms with van der Waals surface area (Å²) in [6, 6.07) is 0. The lowest BCUT2D eigenvalue weighted by Crippen LogP contribution is -2.32. The Labute approximate surface area is 113 Å². The number of nitrogens with zero attached hydrogens (tertiary/aromatic N) is 2. The lowest BCUT2D eigenvalue weighted by Gasteiger charge is -2.11. The average molecular weight is 267 g/mol. The lowest BCUT2D eigenvalue weighted by molar-refractivity contribution is -0.119. The van der Waals surface area contributed by atoms with Crippen molar-refractivity contribution >= 4 is 17.4 Å². The van der Waals surface area contributed by atoms with Crippen molar-refractivity contribution < 1.29 is 9.53 Å². The number of nitrogens with one attached hydrogen (secondary N) is 2. The quantitative estimate of drug-likeness (QED) is 0.670. The number of anilines is 2. The van der Waals surface area contributed by atoms with Gasteiger partial charge in [-0.3, -0.25) is 4.79 Å². The first kappa shape index (κ1) is 15.0. The minimum Gasteiger partial charge on any atom is -0.476 e. The largest absolute Gasteiger partial charge is 0.476 e. The first-order chi connectivity index (χ1) is 9.04. The molecule has 19 heavy (non-hydrogen) atoms. The van der Waals surface area contributed by atoms with Gasteiger partial charge in [-0.2, -0.15) is 4.98 Å². The van der Waals surface area contributed by atoms with E-state index in [4.69, 9.17) is 10.5 Å². The summed E-state index contributed by atoms with van der Waals surface area (Å²) in [6.07, 6.45) is 1.34. The Morgan fingerprint density at radius 1 is 1.47 bits per heavy atom. The molecule has 106 valence electrons. The molecule has 1 aromatic heterocycles. The number of aromatic nitrogens is 2. The van der Waals surface area contributed by atoms with Crippen LogP contribution in [0.1, 0.15) is 20.8 Å². The van der Waals surface area contributed by atoms with Crippen LogP contribution < -0.4 is 21.1 Å². The van der Waals surface area contributed by atoms with Gasteiger partial charge in [0.25, 0.3) is 0 Å². The van der Waals surface area contributed by atoms with Crippen molar-refractivity contribution in [1.29, 1.82) is 0 Å². The zero-order valence-corrected chi connectivity index (χ0v) is 11.6. The number of carbonyl (C=O) groups is 1. The molecule has 7 heteroatoms. The van der Waals surface area contributed by atoms with E-state index in [1.807, 2.05) is 20.8 Å². The van der Waals surface area contributed by atoms with Crippen LogP contribution in [0.4, 0.5) is 11.5 Å². The Bertz CT molecular complexity index is 423. The molecule has 7 nitrogen and oxygen atoms in total. The zero-order chi connectivity index (χ0) is 14.3. The molecular weight excluding hydrogens is 246 g/mol. The van der Waals surface area contributed by atoms with Crippen LogP contribution in [0.5, 0.6) is 5.88 Å². The van der Waals surface area contributed by atoms with E-state index in [-0.39, 0.29) is 12.5 Å². The standard InChI is InChI=1S/C12H21N5O2/c1-4-19-12-10(13)11(16-7-17-12)15-6-9(18)14-5-8(2)3/h7-8H,4-6,13H2,1-3H3,(H,14,18)(H,15,16,17). The topological polar surface area (TPSA) is 102 Å². The molecule has 0 bridgehead atoms. The van der Waals surface area contributed by atoms with Crippen molar-refractivity contribution in [1.82, 2.24) is 15.3 Å². The van der Waals surface area contributed by atoms with Gasteiger partial charge in [-0.15, -0.1) is 0 Å². The van der Waals surface area contributed by atoms with Crippen LogP contribution in [0.3, 0.4) is 0 Å². The van der Waals surface area contributed by atoms with E-state index in [1.54, 1.807) is 0 Å². The van der Waals surface area contributed by atoms with Crippen LogP contribution in [0.25, 0.3) is 0 Å². The number of carbonyl (C=O) groups excluding carboxylic acids is 1. The van der Waals surface area contributed by atoms with Crippen LogP contribution in [-0.4, -0.2) is 35.6 Å². The average Bonchev–Trinajstić information content (AvgIpc) is 2.37. The van der Waals surface area contributed by atoms with Crippen molar-refractivity contribution in [3.05, 3.63) is 6.33 Å². The second-order valence-corrected chi connectivity index (χ2v) is 4.43. The summed E-state index contributed by atoms with van der Waals surface area (Å²) in [7, 11) is 0. The van der Waals surface area contributed by atoms with Gasteiger partial charge in [0.1, 0.15) is 12.0 Å². The third-order valence-corrected chi connectivity index (χ3v) is 2.25. The number of hydrogen-bond donors (Lipinski definition) is 3. The minimum absolute atomic E-state index is 0.107. The molecule has 0 aliphatic carbocycles. The van der Waals surface area contributed by atoms with E-state index in [2.05, 4.69) is 20.6 Å². The second-order valence-electron chi connectivity index (χ2n) is 4.43. The van der Waals surface area contributed by atoms with Gasteiger partial charge in [-0.25, -0.2) is 4.98 Å². The maximum absolute atomic E-state index is 11.6. The van der Waals surface area contributed by atoms with Gasteiger partial charge in [-0.1, -0.05) is 13.8 Å². The number of amides is 1. The van der Waals surface area contributed by atoms with Crippen LogP contribution in [-0.2, 0) is 4.79 Å².